The van der Waals surface area contributed by atoms with Gasteiger partial charge in [0.15, 0.2) is 6.61 Å². The maximum Gasteiger partial charge on any atom is 0.262 e. The first-order chi connectivity index (χ1) is 12.0. The van der Waals surface area contributed by atoms with Crippen molar-refractivity contribution >= 4 is 23.0 Å². The zero-order valence-corrected chi connectivity index (χ0v) is 12.8. The quantitative estimate of drug-likeness (QED) is 0.715. The molecule has 25 heavy (non-hydrogen) atoms. The standard InChI is InChI=1S/C18H11FN2O4/c19-10-2-1-3-11(7-10)20-16-15(17(23)18(16)24)9-4-5-12-13(6-9)25-8-14(22)21-12/h1-7,20H,8H2,(H,21,22). The molecule has 0 aliphatic carbocycles. The molecule has 0 spiro atoms. The summed E-state index contributed by atoms with van der Waals surface area (Å²) in [5.74, 6) is -0.298. The molecule has 0 saturated heterocycles. The van der Waals surface area contributed by atoms with Crippen LogP contribution in [0.2, 0.25) is 0 Å². The van der Waals surface area contributed by atoms with Crippen molar-refractivity contribution in [3.05, 3.63) is 68.7 Å². The Labute approximate surface area is 140 Å². The predicted molar refractivity (Wildman–Crippen MR) is 90.6 cm³/mol. The van der Waals surface area contributed by atoms with Gasteiger partial charge in [0.2, 0.25) is 5.43 Å². The van der Waals surface area contributed by atoms with Crippen molar-refractivity contribution in [1.82, 2.24) is 0 Å². The van der Waals surface area contributed by atoms with E-state index in [9.17, 15) is 18.8 Å². The molecule has 0 bridgehead atoms. The van der Waals surface area contributed by atoms with Crippen LogP contribution in [0.15, 0.2) is 52.1 Å². The first kappa shape index (κ1) is 15.1. The van der Waals surface area contributed by atoms with Crippen LogP contribution in [-0.4, -0.2) is 12.5 Å². The van der Waals surface area contributed by atoms with E-state index < -0.39 is 16.7 Å². The normalized spacial score (nSPS) is 13.1. The third kappa shape index (κ3) is 2.55. The van der Waals surface area contributed by atoms with Crippen LogP contribution in [0.3, 0.4) is 0 Å². The summed E-state index contributed by atoms with van der Waals surface area (Å²) in [5, 5.41) is 5.44. The van der Waals surface area contributed by atoms with Crippen LogP contribution in [0.1, 0.15) is 0 Å². The molecule has 0 fully saturated rings. The van der Waals surface area contributed by atoms with E-state index in [-0.39, 0.29) is 23.8 Å². The van der Waals surface area contributed by atoms with Gasteiger partial charge in [0.25, 0.3) is 11.3 Å². The van der Waals surface area contributed by atoms with E-state index in [1.807, 2.05) is 0 Å². The molecule has 0 radical (unpaired) electrons. The molecule has 4 rings (SSSR count). The molecule has 2 N–H and O–H groups in total. The number of rotatable bonds is 3. The Morgan fingerprint density at radius 2 is 1.88 bits per heavy atom. The fraction of sp³-hybridized carbons (Fsp3) is 0.0556. The molecule has 0 unspecified atom stereocenters. The largest absolute Gasteiger partial charge is 0.482 e. The van der Waals surface area contributed by atoms with Gasteiger partial charge in [0, 0.05) is 5.69 Å². The highest BCUT2D eigenvalue weighted by Gasteiger charge is 2.24. The zero-order valence-electron chi connectivity index (χ0n) is 12.8. The van der Waals surface area contributed by atoms with E-state index in [1.54, 1.807) is 24.3 Å². The van der Waals surface area contributed by atoms with Crippen molar-refractivity contribution in [3.8, 4) is 16.9 Å². The summed E-state index contributed by atoms with van der Waals surface area (Å²) >= 11 is 0. The van der Waals surface area contributed by atoms with E-state index in [2.05, 4.69) is 10.6 Å². The smallest absolute Gasteiger partial charge is 0.262 e. The van der Waals surface area contributed by atoms with Crippen LogP contribution in [0.25, 0.3) is 11.1 Å². The maximum atomic E-state index is 13.3. The lowest BCUT2D eigenvalue weighted by molar-refractivity contribution is -0.118. The summed E-state index contributed by atoms with van der Waals surface area (Å²) in [6.45, 7) is -0.114. The molecular weight excluding hydrogens is 327 g/mol. The van der Waals surface area contributed by atoms with E-state index in [4.69, 9.17) is 4.74 Å². The van der Waals surface area contributed by atoms with Gasteiger partial charge in [-0.15, -0.1) is 0 Å². The highest BCUT2D eigenvalue weighted by Crippen LogP contribution is 2.34. The number of benzene rings is 2. The minimum Gasteiger partial charge on any atom is -0.482 e. The number of hydrogen-bond donors (Lipinski definition) is 2. The summed E-state index contributed by atoms with van der Waals surface area (Å²) in [6, 6.07) is 10.4. The minimum atomic E-state index is -0.661. The van der Waals surface area contributed by atoms with Gasteiger partial charge in [-0.1, -0.05) is 12.1 Å². The minimum absolute atomic E-state index is 0.107. The molecule has 1 aliphatic heterocycles. The molecule has 6 nitrogen and oxygen atoms in total. The number of amides is 1. The lowest BCUT2D eigenvalue weighted by atomic mass is 9.97. The number of nitrogens with one attached hydrogen (secondary N) is 2. The summed E-state index contributed by atoms with van der Waals surface area (Å²) in [7, 11) is 0. The van der Waals surface area contributed by atoms with E-state index in [0.29, 0.717) is 22.7 Å². The fourth-order valence-electron chi connectivity index (χ4n) is 2.73. The second-order valence-corrected chi connectivity index (χ2v) is 5.59. The predicted octanol–water partition coefficient (Wildman–Crippen LogP) is 2.16. The Morgan fingerprint density at radius 1 is 1.04 bits per heavy atom. The van der Waals surface area contributed by atoms with Gasteiger partial charge in [-0.05, 0) is 35.9 Å². The Balaban J connectivity index is 1.72. The van der Waals surface area contributed by atoms with E-state index in [1.165, 1.54) is 18.2 Å². The molecule has 7 heteroatoms. The third-order valence-electron chi connectivity index (χ3n) is 3.91. The number of hydrogen-bond acceptors (Lipinski definition) is 5. The molecular formula is C18H11FN2O4. The molecule has 1 amide bonds. The van der Waals surface area contributed by atoms with Gasteiger partial charge in [-0.3, -0.25) is 14.4 Å². The van der Waals surface area contributed by atoms with Crippen molar-refractivity contribution in [2.75, 3.05) is 17.2 Å². The third-order valence-corrected chi connectivity index (χ3v) is 3.91. The van der Waals surface area contributed by atoms with Crippen molar-refractivity contribution in [2.24, 2.45) is 0 Å². The average molecular weight is 338 g/mol. The summed E-state index contributed by atoms with van der Waals surface area (Å²) in [4.78, 5) is 35.2. The molecule has 0 saturated carbocycles. The lowest BCUT2D eigenvalue weighted by Crippen LogP contribution is -2.35. The lowest BCUT2D eigenvalue weighted by Gasteiger charge is -2.19. The highest BCUT2D eigenvalue weighted by atomic mass is 19.1. The highest BCUT2D eigenvalue weighted by molar-refractivity contribution is 5.96. The number of anilines is 3. The van der Waals surface area contributed by atoms with Crippen molar-refractivity contribution in [3.63, 3.8) is 0 Å². The van der Waals surface area contributed by atoms with E-state index >= 15 is 0 Å². The van der Waals surface area contributed by atoms with Crippen LogP contribution in [0.5, 0.6) is 5.75 Å². The monoisotopic (exact) mass is 338 g/mol. The Bertz CT molecular complexity index is 1080. The van der Waals surface area contributed by atoms with Crippen LogP contribution in [-0.2, 0) is 4.79 Å². The first-order valence-electron chi connectivity index (χ1n) is 7.46. The zero-order chi connectivity index (χ0) is 17.6. The van der Waals surface area contributed by atoms with Gasteiger partial charge in [-0.2, -0.15) is 0 Å². The fourth-order valence-corrected chi connectivity index (χ4v) is 2.73. The first-order valence-corrected chi connectivity index (χ1v) is 7.46. The van der Waals surface area contributed by atoms with Crippen molar-refractivity contribution in [2.45, 2.75) is 0 Å². The Kier molecular flexibility index (Phi) is 3.35. The molecule has 1 aliphatic rings. The van der Waals surface area contributed by atoms with Crippen LogP contribution >= 0.6 is 0 Å². The van der Waals surface area contributed by atoms with Crippen LogP contribution in [0.4, 0.5) is 21.5 Å². The Morgan fingerprint density at radius 3 is 2.68 bits per heavy atom. The van der Waals surface area contributed by atoms with Crippen molar-refractivity contribution < 1.29 is 13.9 Å². The molecule has 1 heterocycles. The summed E-state index contributed by atoms with van der Waals surface area (Å²) < 4.78 is 18.6. The van der Waals surface area contributed by atoms with Gasteiger partial charge in [0.05, 0.1) is 11.3 Å². The molecule has 124 valence electrons. The Hall–Kier alpha value is -3.48. The number of ether oxygens (including phenoxy) is 1. The second-order valence-electron chi connectivity index (χ2n) is 5.59. The second kappa shape index (κ2) is 5.55. The van der Waals surface area contributed by atoms with Gasteiger partial charge in [0.1, 0.15) is 17.3 Å². The molecule has 0 aromatic heterocycles. The maximum absolute atomic E-state index is 13.3. The molecule has 3 aromatic carbocycles. The topological polar surface area (TPSA) is 84.5 Å². The summed E-state index contributed by atoms with van der Waals surface area (Å²) in [6.07, 6.45) is 0. The van der Waals surface area contributed by atoms with Gasteiger partial charge in [-0.25, -0.2) is 4.39 Å². The SMILES string of the molecule is O=C1COc2cc(-c3c(Nc4cccc(F)c4)c(=O)c3=O)ccc2N1. The van der Waals surface area contributed by atoms with Crippen LogP contribution in [0, 0.1) is 5.82 Å². The van der Waals surface area contributed by atoms with E-state index in [0.717, 1.165) is 0 Å². The molecule has 0 atom stereocenters. The number of fused-ring (bicyclic) bond motifs is 1. The van der Waals surface area contributed by atoms with Crippen molar-refractivity contribution in [1.29, 1.82) is 0 Å². The summed E-state index contributed by atoms with van der Waals surface area (Å²) in [5.41, 5.74) is 0.379. The van der Waals surface area contributed by atoms with Gasteiger partial charge >= 0.3 is 0 Å². The van der Waals surface area contributed by atoms with Crippen LogP contribution < -0.4 is 26.2 Å². The number of carbonyl (C=O) groups excluding carboxylic acids is 1. The van der Waals surface area contributed by atoms with Gasteiger partial charge < -0.3 is 15.4 Å². The number of carbonyl (C=O) groups is 1. The molecule has 3 aromatic rings. The average Bonchev–Trinajstić information content (AvgIpc) is 2.61. The number of halogens is 1.